The van der Waals surface area contributed by atoms with E-state index in [2.05, 4.69) is 18.6 Å². The predicted octanol–water partition coefficient (Wildman–Crippen LogP) is 2.33. The summed E-state index contributed by atoms with van der Waals surface area (Å²) in [7, 11) is -3.41. The van der Waals surface area contributed by atoms with Gasteiger partial charge < -0.3 is 5.11 Å². The number of sulfonamides is 1. The van der Waals surface area contributed by atoms with Gasteiger partial charge in [-0.15, -0.1) is 0 Å². The van der Waals surface area contributed by atoms with Crippen molar-refractivity contribution >= 4 is 10.0 Å². The third-order valence-corrected chi connectivity index (χ3v) is 5.01. The minimum atomic E-state index is -3.41. The van der Waals surface area contributed by atoms with Gasteiger partial charge in [-0.05, 0) is 36.5 Å². The van der Waals surface area contributed by atoms with Crippen molar-refractivity contribution in [3.63, 3.8) is 0 Å². The molecule has 114 valence electrons. The fraction of sp³-hybridized carbons (Fsp3) is 0.600. The van der Waals surface area contributed by atoms with Crippen LogP contribution in [0.15, 0.2) is 29.2 Å². The van der Waals surface area contributed by atoms with Crippen molar-refractivity contribution in [2.24, 2.45) is 5.92 Å². The Morgan fingerprint density at radius 1 is 1.15 bits per heavy atom. The third-order valence-electron chi connectivity index (χ3n) is 3.57. The minimum Gasteiger partial charge on any atom is -0.396 e. The van der Waals surface area contributed by atoms with Crippen molar-refractivity contribution in [3.05, 3.63) is 29.8 Å². The van der Waals surface area contributed by atoms with Crippen molar-refractivity contribution in [1.82, 2.24) is 4.72 Å². The molecule has 1 aromatic carbocycles. The average molecular weight is 299 g/mol. The fourth-order valence-corrected chi connectivity index (χ4v) is 3.12. The summed E-state index contributed by atoms with van der Waals surface area (Å²) in [6.45, 7) is 4.77. The quantitative estimate of drug-likeness (QED) is 0.735. The number of rotatable bonds is 9. The molecule has 0 bridgehead atoms. The van der Waals surface area contributed by atoms with Crippen LogP contribution in [0.2, 0.25) is 0 Å². The maximum atomic E-state index is 12.1. The molecule has 20 heavy (non-hydrogen) atoms. The molecule has 0 spiro atoms. The van der Waals surface area contributed by atoms with Crippen LogP contribution < -0.4 is 4.72 Å². The summed E-state index contributed by atoms with van der Waals surface area (Å²) >= 11 is 0. The van der Waals surface area contributed by atoms with Crippen molar-refractivity contribution in [1.29, 1.82) is 0 Å². The second kappa shape index (κ2) is 8.39. The van der Waals surface area contributed by atoms with E-state index in [1.807, 2.05) is 0 Å². The van der Waals surface area contributed by atoms with Crippen LogP contribution >= 0.6 is 0 Å². The smallest absolute Gasteiger partial charge is 0.240 e. The summed E-state index contributed by atoms with van der Waals surface area (Å²) in [4.78, 5) is 0.302. The first kappa shape index (κ1) is 17.1. The number of aliphatic hydroxyl groups is 1. The zero-order chi connectivity index (χ0) is 15.0. The third kappa shape index (κ3) is 5.23. The van der Waals surface area contributed by atoms with Crippen LogP contribution in [0.5, 0.6) is 0 Å². The van der Waals surface area contributed by atoms with E-state index in [1.54, 1.807) is 24.3 Å². The van der Waals surface area contributed by atoms with Crippen LogP contribution in [-0.2, 0) is 16.4 Å². The van der Waals surface area contributed by atoms with Gasteiger partial charge in [-0.25, -0.2) is 13.1 Å². The van der Waals surface area contributed by atoms with Crippen molar-refractivity contribution in [2.75, 3.05) is 13.2 Å². The maximum absolute atomic E-state index is 12.1. The second-order valence-corrected chi connectivity index (χ2v) is 6.77. The number of nitrogens with one attached hydrogen (secondary N) is 1. The molecule has 1 rings (SSSR count). The molecule has 0 aliphatic rings. The molecular formula is C15H25NO3S. The fourth-order valence-electron chi connectivity index (χ4n) is 2.01. The van der Waals surface area contributed by atoms with E-state index in [4.69, 9.17) is 5.11 Å². The van der Waals surface area contributed by atoms with Gasteiger partial charge >= 0.3 is 0 Å². The van der Waals surface area contributed by atoms with E-state index in [-0.39, 0.29) is 6.61 Å². The van der Waals surface area contributed by atoms with Crippen LogP contribution in [0.1, 0.15) is 38.7 Å². The Hall–Kier alpha value is -0.910. The number of aliphatic hydroxyl groups excluding tert-OH is 1. The van der Waals surface area contributed by atoms with E-state index in [0.29, 0.717) is 23.8 Å². The van der Waals surface area contributed by atoms with E-state index in [1.165, 1.54) is 0 Å². The van der Waals surface area contributed by atoms with Crippen molar-refractivity contribution in [3.8, 4) is 0 Å². The standard InChI is InChI=1S/C15H25NO3S/c1-3-13(4-2)12-16-20(18,19)15-9-7-14(8-10-15)6-5-11-17/h7-10,13,16-17H,3-6,11-12H2,1-2H3. The number of hydrogen-bond donors (Lipinski definition) is 2. The first-order valence-electron chi connectivity index (χ1n) is 7.23. The summed E-state index contributed by atoms with van der Waals surface area (Å²) in [5, 5.41) is 8.77. The molecule has 0 saturated carbocycles. The molecule has 2 N–H and O–H groups in total. The maximum Gasteiger partial charge on any atom is 0.240 e. The molecule has 0 unspecified atom stereocenters. The Labute approximate surface area is 122 Å². The SMILES string of the molecule is CCC(CC)CNS(=O)(=O)c1ccc(CCCO)cc1. The van der Waals surface area contributed by atoms with Gasteiger partial charge in [-0.2, -0.15) is 0 Å². The summed E-state index contributed by atoms with van der Waals surface area (Å²) in [6, 6.07) is 6.87. The highest BCUT2D eigenvalue weighted by molar-refractivity contribution is 7.89. The van der Waals surface area contributed by atoms with E-state index in [0.717, 1.165) is 24.8 Å². The van der Waals surface area contributed by atoms with E-state index in [9.17, 15) is 8.42 Å². The monoisotopic (exact) mass is 299 g/mol. The molecule has 1 aromatic rings. The highest BCUT2D eigenvalue weighted by Gasteiger charge is 2.15. The average Bonchev–Trinajstić information content (AvgIpc) is 2.46. The van der Waals surface area contributed by atoms with Gasteiger partial charge in [0.25, 0.3) is 0 Å². The highest BCUT2D eigenvalue weighted by Crippen LogP contribution is 2.13. The Morgan fingerprint density at radius 3 is 2.25 bits per heavy atom. The topological polar surface area (TPSA) is 66.4 Å². The molecule has 0 fully saturated rings. The molecule has 4 nitrogen and oxygen atoms in total. The molecule has 0 radical (unpaired) electrons. The van der Waals surface area contributed by atoms with Gasteiger partial charge in [-0.3, -0.25) is 0 Å². The normalized spacial score (nSPS) is 12.0. The minimum absolute atomic E-state index is 0.150. The zero-order valence-electron chi connectivity index (χ0n) is 12.3. The predicted molar refractivity (Wildman–Crippen MR) is 81.1 cm³/mol. The number of aryl methyl sites for hydroxylation is 1. The highest BCUT2D eigenvalue weighted by atomic mass is 32.2. The zero-order valence-corrected chi connectivity index (χ0v) is 13.1. The van der Waals surface area contributed by atoms with Gasteiger partial charge in [0.1, 0.15) is 0 Å². The molecular weight excluding hydrogens is 274 g/mol. The molecule has 5 heteroatoms. The van der Waals surface area contributed by atoms with Crippen LogP contribution in [0, 0.1) is 5.92 Å². The summed E-state index contributed by atoms with van der Waals surface area (Å²) < 4.78 is 27.0. The first-order valence-corrected chi connectivity index (χ1v) is 8.71. The molecule has 0 aliphatic carbocycles. The molecule has 0 aromatic heterocycles. The van der Waals surface area contributed by atoms with Gasteiger partial charge in [0, 0.05) is 13.2 Å². The summed E-state index contributed by atoms with van der Waals surface area (Å²) in [5.74, 6) is 0.383. The Kier molecular flexibility index (Phi) is 7.19. The van der Waals surface area contributed by atoms with E-state index >= 15 is 0 Å². The molecule has 0 heterocycles. The molecule has 0 aliphatic heterocycles. The molecule has 0 atom stereocenters. The van der Waals surface area contributed by atoms with Crippen LogP contribution in [-0.4, -0.2) is 26.7 Å². The number of benzene rings is 1. The van der Waals surface area contributed by atoms with Crippen LogP contribution in [0.4, 0.5) is 0 Å². The largest absolute Gasteiger partial charge is 0.396 e. The van der Waals surface area contributed by atoms with Gasteiger partial charge in [0.2, 0.25) is 10.0 Å². The molecule has 0 amide bonds. The Bertz CT molecular complexity index is 478. The Balaban J connectivity index is 2.67. The van der Waals surface area contributed by atoms with Gasteiger partial charge in [0.15, 0.2) is 0 Å². The van der Waals surface area contributed by atoms with Gasteiger partial charge in [-0.1, -0.05) is 38.8 Å². The van der Waals surface area contributed by atoms with Crippen LogP contribution in [0.25, 0.3) is 0 Å². The summed E-state index contributed by atoms with van der Waals surface area (Å²) in [5.41, 5.74) is 1.04. The lowest BCUT2D eigenvalue weighted by Gasteiger charge is -2.13. The lowest BCUT2D eigenvalue weighted by atomic mass is 10.0. The van der Waals surface area contributed by atoms with Crippen molar-refractivity contribution in [2.45, 2.75) is 44.4 Å². The molecule has 0 saturated heterocycles. The number of hydrogen-bond acceptors (Lipinski definition) is 3. The summed E-state index contributed by atoms with van der Waals surface area (Å²) in [6.07, 6.45) is 3.40. The van der Waals surface area contributed by atoms with Crippen molar-refractivity contribution < 1.29 is 13.5 Å². The Morgan fingerprint density at radius 2 is 1.75 bits per heavy atom. The van der Waals surface area contributed by atoms with Crippen LogP contribution in [0.3, 0.4) is 0 Å². The second-order valence-electron chi connectivity index (χ2n) is 5.01. The lowest BCUT2D eigenvalue weighted by Crippen LogP contribution is -2.29. The first-order chi connectivity index (χ1) is 9.53. The van der Waals surface area contributed by atoms with E-state index < -0.39 is 10.0 Å². The van der Waals surface area contributed by atoms with Gasteiger partial charge in [0.05, 0.1) is 4.90 Å². The lowest BCUT2D eigenvalue weighted by molar-refractivity contribution is 0.288.